The van der Waals surface area contributed by atoms with Crippen molar-refractivity contribution in [3.05, 3.63) is 52.3 Å². The van der Waals surface area contributed by atoms with Gasteiger partial charge in [0.1, 0.15) is 5.82 Å². The lowest BCUT2D eigenvalue weighted by atomic mass is 10.2. The van der Waals surface area contributed by atoms with Gasteiger partial charge in [0.2, 0.25) is 0 Å². The summed E-state index contributed by atoms with van der Waals surface area (Å²) < 4.78 is 29.3. The van der Waals surface area contributed by atoms with Gasteiger partial charge in [0.25, 0.3) is 5.91 Å². The highest BCUT2D eigenvalue weighted by molar-refractivity contribution is 9.10. The molecule has 0 radical (unpaired) electrons. The smallest absolute Gasteiger partial charge is 0.339 e. The van der Waals surface area contributed by atoms with E-state index in [2.05, 4.69) is 21.2 Å². The third kappa shape index (κ3) is 4.51. The van der Waals surface area contributed by atoms with Crippen LogP contribution in [-0.2, 0) is 9.53 Å². The van der Waals surface area contributed by atoms with Crippen LogP contribution in [0.3, 0.4) is 0 Å². The average Bonchev–Trinajstić information content (AvgIpc) is 2.84. The van der Waals surface area contributed by atoms with E-state index in [1.807, 2.05) is 0 Å². The molecule has 2 aromatic rings. The summed E-state index contributed by atoms with van der Waals surface area (Å²) in [6, 6.07) is 8.59. The Balaban J connectivity index is 1.57. The van der Waals surface area contributed by atoms with Gasteiger partial charge in [0.15, 0.2) is 18.1 Å². The van der Waals surface area contributed by atoms with E-state index < -0.39 is 24.3 Å². The van der Waals surface area contributed by atoms with E-state index in [-0.39, 0.29) is 10.0 Å². The summed E-state index contributed by atoms with van der Waals surface area (Å²) in [6.45, 7) is 0.638. The van der Waals surface area contributed by atoms with Crippen molar-refractivity contribution in [3.8, 4) is 11.5 Å². The molecule has 0 fully saturated rings. The van der Waals surface area contributed by atoms with Crippen molar-refractivity contribution in [1.82, 2.24) is 0 Å². The molecule has 1 N–H and O–H groups in total. The van der Waals surface area contributed by atoms with Crippen LogP contribution in [-0.4, -0.2) is 31.7 Å². The fraction of sp³-hybridized carbons (Fsp3) is 0.222. The lowest BCUT2D eigenvalue weighted by molar-refractivity contribution is -0.119. The fourth-order valence-electron chi connectivity index (χ4n) is 2.30. The number of benzene rings is 2. The van der Waals surface area contributed by atoms with Gasteiger partial charge < -0.3 is 19.5 Å². The standard InChI is InChI=1S/C18H15BrFNO5/c19-14-8-11(20)2-4-13(14)18(23)26-10-17(22)21-12-3-5-15-16(9-12)25-7-1-6-24-15/h2-5,8-9H,1,6-7,10H2,(H,21,22). The predicted octanol–water partition coefficient (Wildman–Crippen LogP) is 3.55. The molecular weight excluding hydrogens is 409 g/mol. The second-order valence-electron chi connectivity index (χ2n) is 5.46. The Morgan fingerprint density at radius 2 is 1.88 bits per heavy atom. The molecule has 26 heavy (non-hydrogen) atoms. The van der Waals surface area contributed by atoms with Gasteiger partial charge in [0.05, 0.1) is 18.8 Å². The van der Waals surface area contributed by atoms with E-state index in [4.69, 9.17) is 14.2 Å². The van der Waals surface area contributed by atoms with Crippen molar-refractivity contribution >= 4 is 33.5 Å². The molecule has 0 saturated carbocycles. The molecular formula is C18H15BrFNO5. The molecule has 0 aromatic heterocycles. The highest BCUT2D eigenvalue weighted by atomic mass is 79.9. The topological polar surface area (TPSA) is 73.9 Å². The largest absolute Gasteiger partial charge is 0.490 e. The summed E-state index contributed by atoms with van der Waals surface area (Å²) in [7, 11) is 0. The molecule has 0 spiro atoms. The van der Waals surface area contributed by atoms with E-state index >= 15 is 0 Å². The number of ether oxygens (including phenoxy) is 3. The number of esters is 1. The van der Waals surface area contributed by atoms with Crippen LogP contribution in [0, 0.1) is 5.82 Å². The normalized spacial score (nSPS) is 12.8. The number of hydrogen-bond donors (Lipinski definition) is 1. The van der Waals surface area contributed by atoms with Crippen LogP contribution in [0.5, 0.6) is 11.5 Å². The first-order valence-electron chi connectivity index (χ1n) is 7.84. The first kappa shape index (κ1) is 18.2. The molecule has 0 bridgehead atoms. The van der Waals surface area contributed by atoms with Crippen LogP contribution in [0.2, 0.25) is 0 Å². The van der Waals surface area contributed by atoms with Gasteiger partial charge in [0, 0.05) is 22.6 Å². The highest BCUT2D eigenvalue weighted by Crippen LogP contribution is 2.32. The molecule has 0 aliphatic carbocycles. The van der Waals surface area contributed by atoms with Crippen molar-refractivity contribution in [2.75, 3.05) is 25.1 Å². The van der Waals surface area contributed by atoms with Crippen molar-refractivity contribution in [2.24, 2.45) is 0 Å². The maximum absolute atomic E-state index is 13.0. The van der Waals surface area contributed by atoms with Crippen molar-refractivity contribution in [3.63, 3.8) is 0 Å². The first-order valence-corrected chi connectivity index (χ1v) is 8.64. The van der Waals surface area contributed by atoms with Gasteiger partial charge in [-0.3, -0.25) is 4.79 Å². The molecule has 2 aromatic carbocycles. The minimum atomic E-state index is -0.731. The van der Waals surface area contributed by atoms with Crippen molar-refractivity contribution in [1.29, 1.82) is 0 Å². The number of hydrogen-bond acceptors (Lipinski definition) is 5. The number of amides is 1. The summed E-state index contributed by atoms with van der Waals surface area (Å²) >= 11 is 3.08. The molecule has 1 aliphatic rings. The predicted molar refractivity (Wildman–Crippen MR) is 95.1 cm³/mol. The number of anilines is 1. The second-order valence-corrected chi connectivity index (χ2v) is 6.31. The highest BCUT2D eigenvalue weighted by Gasteiger charge is 2.15. The molecule has 6 nitrogen and oxygen atoms in total. The Bertz CT molecular complexity index is 842. The molecule has 3 rings (SSSR count). The van der Waals surface area contributed by atoms with Crippen molar-refractivity contribution < 1.29 is 28.2 Å². The molecule has 1 aliphatic heterocycles. The molecule has 0 atom stereocenters. The quantitative estimate of drug-likeness (QED) is 0.761. The van der Waals surface area contributed by atoms with E-state index in [0.29, 0.717) is 30.4 Å². The summed E-state index contributed by atoms with van der Waals surface area (Å²) in [5, 5.41) is 2.62. The Morgan fingerprint density at radius 1 is 1.12 bits per heavy atom. The Labute approximate surface area is 157 Å². The average molecular weight is 424 g/mol. The summed E-state index contributed by atoms with van der Waals surface area (Å²) in [6.07, 6.45) is 0.783. The molecule has 8 heteroatoms. The number of carbonyl (C=O) groups is 2. The van der Waals surface area contributed by atoms with Gasteiger partial charge in [-0.15, -0.1) is 0 Å². The van der Waals surface area contributed by atoms with E-state index in [0.717, 1.165) is 18.6 Å². The zero-order valence-electron chi connectivity index (χ0n) is 13.6. The van der Waals surface area contributed by atoms with Gasteiger partial charge in [-0.2, -0.15) is 0 Å². The Kier molecular flexibility index (Phi) is 5.72. The van der Waals surface area contributed by atoms with Gasteiger partial charge >= 0.3 is 5.97 Å². The molecule has 0 unspecified atom stereocenters. The number of nitrogens with one attached hydrogen (secondary N) is 1. The second kappa shape index (κ2) is 8.18. The van der Waals surface area contributed by atoms with Crippen LogP contribution in [0.25, 0.3) is 0 Å². The van der Waals surface area contributed by atoms with Gasteiger partial charge in [-0.05, 0) is 46.3 Å². The van der Waals surface area contributed by atoms with Crippen LogP contribution in [0.4, 0.5) is 10.1 Å². The minimum absolute atomic E-state index is 0.134. The van der Waals surface area contributed by atoms with E-state index in [1.165, 1.54) is 6.07 Å². The van der Waals surface area contributed by atoms with Crippen LogP contribution < -0.4 is 14.8 Å². The third-order valence-corrected chi connectivity index (χ3v) is 4.17. The maximum atomic E-state index is 13.0. The van der Waals surface area contributed by atoms with Crippen LogP contribution in [0.15, 0.2) is 40.9 Å². The number of fused-ring (bicyclic) bond motifs is 1. The van der Waals surface area contributed by atoms with Gasteiger partial charge in [-0.25, -0.2) is 9.18 Å². The van der Waals surface area contributed by atoms with E-state index in [9.17, 15) is 14.0 Å². The van der Waals surface area contributed by atoms with Crippen LogP contribution in [0.1, 0.15) is 16.8 Å². The number of rotatable bonds is 4. The number of carbonyl (C=O) groups excluding carboxylic acids is 2. The maximum Gasteiger partial charge on any atom is 0.339 e. The van der Waals surface area contributed by atoms with Crippen LogP contribution >= 0.6 is 15.9 Å². The summed E-state index contributed by atoms with van der Waals surface area (Å²) in [5.41, 5.74) is 0.632. The lowest BCUT2D eigenvalue weighted by Gasteiger charge is -2.11. The van der Waals surface area contributed by atoms with Gasteiger partial charge in [-0.1, -0.05) is 0 Å². The zero-order chi connectivity index (χ0) is 18.5. The van der Waals surface area contributed by atoms with Crippen molar-refractivity contribution in [2.45, 2.75) is 6.42 Å². The zero-order valence-corrected chi connectivity index (χ0v) is 15.2. The number of halogens is 2. The molecule has 1 heterocycles. The summed E-state index contributed by atoms with van der Waals surface area (Å²) in [4.78, 5) is 24.0. The summed E-state index contributed by atoms with van der Waals surface area (Å²) in [5.74, 6) is -0.557. The SMILES string of the molecule is O=C(COC(=O)c1ccc(F)cc1Br)Nc1ccc2c(c1)OCCCO2. The lowest BCUT2D eigenvalue weighted by Crippen LogP contribution is -2.21. The Hall–Kier alpha value is -2.61. The molecule has 136 valence electrons. The Morgan fingerprint density at radius 3 is 2.65 bits per heavy atom. The molecule has 0 saturated heterocycles. The monoisotopic (exact) mass is 423 g/mol. The first-order chi connectivity index (χ1) is 12.5. The molecule has 1 amide bonds. The van der Waals surface area contributed by atoms with E-state index in [1.54, 1.807) is 18.2 Å². The third-order valence-electron chi connectivity index (χ3n) is 3.52. The minimum Gasteiger partial charge on any atom is -0.490 e. The fourth-order valence-corrected chi connectivity index (χ4v) is 2.81.